The molecule has 28 heavy (non-hydrogen) atoms. The molecule has 138 valence electrons. The van der Waals surface area contributed by atoms with Gasteiger partial charge in [-0.2, -0.15) is 0 Å². The number of aliphatic hydroxyl groups is 1. The van der Waals surface area contributed by atoms with E-state index in [-0.39, 0.29) is 6.61 Å². The number of carbonyl (C=O) groups excluding carboxylic acids is 1. The minimum Gasteiger partial charge on any atom is -0.392 e. The van der Waals surface area contributed by atoms with Gasteiger partial charge in [-0.15, -0.1) is 0 Å². The predicted molar refractivity (Wildman–Crippen MR) is 106 cm³/mol. The third kappa shape index (κ3) is 3.34. The van der Waals surface area contributed by atoms with Crippen LogP contribution in [0.1, 0.15) is 15.9 Å². The first kappa shape index (κ1) is 17.8. The summed E-state index contributed by atoms with van der Waals surface area (Å²) in [5, 5.41) is 18.8. The Morgan fingerprint density at radius 2 is 1.57 bits per heavy atom. The summed E-state index contributed by atoms with van der Waals surface area (Å²) in [4.78, 5) is 20.7. The van der Waals surface area contributed by atoms with Crippen LogP contribution < -0.4 is 5.48 Å². The smallest absolute Gasteiger partial charge is 0.275 e. The molecule has 0 aliphatic heterocycles. The molecule has 0 saturated carbocycles. The van der Waals surface area contributed by atoms with Crippen molar-refractivity contribution in [3.05, 3.63) is 84.2 Å². The third-order valence-corrected chi connectivity index (χ3v) is 4.61. The fourth-order valence-electron chi connectivity index (χ4n) is 3.10. The van der Waals surface area contributed by atoms with Crippen LogP contribution >= 0.6 is 0 Å². The number of carbonyl (C=O) groups is 1. The van der Waals surface area contributed by atoms with Crippen LogP contribution in [0.3, 0.4) is 0 Å². The highest BCUT2D eigenvalue weighted by Gasteiger charge is 2.13. The normalized spacial score (nSPS) is 10.8. The van der Waals surface area contributed by atoms with Crippen molar-refractivity contribution in [1.82, 2.24) is 15.4 Å². The highest BCUT2D eigenvalue weighted by atomic mass is 16.5. The Labute approximate surface area is 161 Å². The van der Waals surface area contributed by atoms with Crippen LogP contribution in [0.25, 0.3) is 33.3 Å². The van der Waals surface area contributed by atoms with Gasteiger partial charge in [0, 0.05) is 23.3 Å². The Balaban J connectivity index is 1.74. The average Bonchev–Trinajstić information content (AvgIpc) is 2.78. The number of fused-ring (bicyclic) bond motifs is 1. The molecule has 0 fully saturated rings. The number of hydrogen-bond donors (Lipinski definition) is 3. The van der Waals surface area contributed by atoms with Gasteiger partial charge in [-0.25, -0.2) is 10.5 Å². The van der Waals surface area contributed by atoms with E-state index >= 15 is 0 Å². The molecule has 4 rings (SSSR count). The van der Waals surface area contributed by atoms with E-state index in [9.17, 15) is 4.79 Å². The van der Waals surface area contributed by atoms with Gasteiger partial charge in [-0.3, -0.25) is 15.0 Å². The van der Waals surface area contributed by atoms with E-state index in [1.54, 1.807) is 30.0 Å². The Morgan fingerprint density at radius 1 is 0.929 bits per heavy atom. The Morgan fingerprint density at radius 3 is 2.21 bits per heavy atom. The van der Waals surface area contributed by atoms with Crippen molar-refractivity contribution < 1.29 is 15.1 Å². The predicted octanol–water partition coefficient (Wildman–Crippen LogP) is 3.58. The van der Waals surface area contributed by atoms with E-state index in [4.69, 9.17) is 10.3 Å². The zero-order valence-electron chi connectivity index (χ0n) is 14.8. The first-order valence-corrected chi connectivity index (χ1v) is 8.69. The molecule has 0 spiro atoms. The Kier molecular flexibility index (Phi) is 4.80. The summed E-state index contributed by atoms with van der Waals surface area (Å²) in [6.45, 7) is 0.0200. The highest BCUT2D eigenvalue weighted by molar-refractivity contribution is 6.06. The minimum atomic E-state index is -0.609. The van der Waals surface area contributed by atoms with Gasteiger partial charge < -0.3 is 5.11 Å². The van der Waals surface area contributed by atoms with Crippen molar-refractivity contribution in [1.29, 1.82) is 0 Å². The SMILES string of the molecule is O=C(NO)c1cc(-c2ccc(-c3ccc(CO)cc3)cc2)nc2ccncc12. The lowest BCUT2D eigenvalue weighted by Crippen LogP contribution is -2.19. The first-order valence-electron chi connectivity index (χ1n) is 8.69. The molecule has 3 N–H and O–H groups in total. The second-order valence-corrected chi connectivity index (χ2v) is 6.32. The number of hydrogen-bond acceptors (Lipinski definition) is 5. The van der Waals surface area contributed by atoms with Crippen molar-refractivity contribution in [3.8, 4) is 22.4 Å². The molecule has 1 amide bonds. The summed E-state index contributed by atoms with van der Waals surface area (Å²) in [6, 6.07) is 18.9. The molecule has 2 aromatic carbocycles. The zero-order valence-corrected chi connectivity index (χ0v) is 14.8. The lowest BCUT2D eigenvalue weighted by molar-refractivity contribution is 0.0708. The van der Waals surface area contributed by atoms with Gasteiger partial charge in [0.05, 0.1) is 23.4 Å². The highest BCUT2D eigenvalue weighted by Crippen LogP contribution is 2.27. The molecule has 0 aliphatic rings. The van der Waals surface area contributed by atoms with Crippen LogP contribution in [0.15, 0.2) is 73.1 Å². The van der Waals surface area contributed by atoms with Gasteiger partial charge in [0.25, 0.3) is 5.91 Å². The number of aliphatic hydroxyl groups excluding tert-OH is 1. The maximum Gasteiger partial charge on any atom is 0.275 e. The molecule has 6 nitrogen and oxygen atoms in total. The van der Waals surface area contributed by atoms with E-state index in [1.165, 1.54) is 0 Å². The number of aromatic nitrogens is 2. The molecule has 0 unspecified atom stereocenters. The summed E-state index contributed by atoms with van der Waals surface area (Å²) >= 11 is 0. The molecule has 0 bridgehead atoms. The molecule has 2 aromatic heterocycles. The van der Waals surface area contributed by atoms with E-state index in [1.807, 2.05) is 48.5 Å². The molecule has 0 radical (unpaired) electrons. The van der Waals surface area contributed by atoms with Gasteiger partial charge in [-0.1, -0.05) is 48.5 Å². The van der Waals surface area contributed by atoms with E-state index in [0.29, 0.717) is 22.2 Å². The summed E-state index contributed by atoms with van der Waals surface area (Å²) in [6.07, 6.45) is 3.16. The molecule has 6 heteroatoms. The van der Waals surface area contributed by atoms with Crippen molar-refractivity contribution >= 4 is 16.8 Å². The topological polar surface area (TPSA) is 95.3 Å². The van der Waals surface area contributed by atoms with Crippen LogP contribution in [0.5, 0.6) is 0 Å². The summed E-state index contributed by atoms with van der Waals surface area (Å²) in [5.41, 5.74) is 7.02. The maximum atomic E-state index is 12.1. The number of amides is 1. The maximum absolute atomic E-state index is 12.1. The largest absolute Gasteiger partial charge is 0.392 e. The Bertz CT molecular complexity index is 1140. The molecular weight excluding hydrogens is 354 g/mol. The van der Waals surface area contributed by atoms with Crippen LogP contribution in [-0.2, 0) is 6.61 Å². The zero-order chi connectivity index (χ0) is 19.5. The molecule has 2 heterocycles. The Hall–Kier alpha value is -3.61. The van der Waals surface area contributed by atoms with E-state index in [0.717, 1.165) is 22.3 Å². The van der Waals surface area contributed by atoms with Crippen LogP contribution in [0.2, 0.25) is 0 Å². The lowest BCUT2D eigenvalue weighted by Gasteiger charge is -2.09. The van der Waals surface area contributed by atoms with Gasteiger partial charge in [0.15, 0.2) is 0 Å². The number of rotatable bonds is 4. The van der Waals surface area contributed by atoms with Gasteiger partial charge >= 0.3 is 0 Å². The van der Waals surface area contributed by atoms with Crippen molar-refractivity contribution in [2.45, 2.75) is 6.61 Å². The van der Waals surface area contributed by atoms with Crippen molar-refractivity contribution in [3.63, 3.8) is 0 Å². The van der Waals surface area contributed by atoms with Gasteiger partial charge in [0.2, 0.25) is 0 Å². The molecule has 4 aromatic rings. The fraction of sp³-hybridized carbons (Fsp3) is 0.0455. The standard InChI is InChI=1S/C22H17N3O3/c26-13-14-1-3-15(4-2-14)16-5-7-17(8-6-16)21-11-18(22(27)25-28)19-12-23-10-9-20(19)24-21/h1-12,26,28H,13H2,(H,25,27). The second-order valence-electron chi connectivity index (χ2n) is 6.32. The molecular formula is C22H17N3O3. The average molecular weight is 371 g/mol. The first-order chi connectivity index (χ1) is 13.7. The molecule has 0 atom stereocenters. The van der Waals surface area contributed by atoms with Crippen LogP contribution in [0.4, 0.5) is 0 Å². The summed E-state index contributed by atoms with van der Waals surface area (Å²) < 4.78 is 0. The number of nitrogens with zero attached hydrogens (tertiary/aromatic N) is 2. The summed E-state index contributed by atoms with van der Waals surface area (Å²) in [5.74, 6) is -0.609. The van der Waals surface area contributed by atoms with Crippen molar-refractivity contribution in [2.24, 2.45) is 0 Å². The number of hydroxylamine groups is 1. The number of benzene rings is 2. The molecule has 0 aliphatic carbocycles. The van der Waals surface area contributed by atoms with Gasteiger partial charge in [0.1, 0.15) is 0 Å². The summed E-state index contributed by atoms with van der Waals surface area (Å²) in [7, 11) is 0. The minimum absolute atomic E-state index is 0.0200. The second kappa shape index (κ2) is 7.56. The third-order valence-electron chi connectivity index (χ3n) is 4.61. The van der Waals surface area contributed by atoms with Crippen molar-refractivity contribution in [2.75, 3.05) is 0 Å². The molecule has 0 saturated heterocycles. The quantitative estimate of drug-likeness (QED) is 0.376. The lowest BCUT2D eigenvalue weighted by atomic mass is 10.0. The van der Waals surface area contributed by atoms with Crippen LogP contribution in [-0.4, -0.2) is 26.2 Å². The number of nitrogens with one attached hydrogen (secondary N) is 1. The van der Waals surface area contributed by atoms with E-state index < -0.39 is 5.91 Å². The van der Waals surface area contributed by atoms with Crippen LogP contribution in [0, 0.1) is 0 Å². The number of pyridine rings is 2. The monoisotopic (exact) mass is 371 g/mol. The van der Waals surface area contributed by atoms with Gasteiger partial charge in [-0.05, 0) is 28.8 Å². The fourth-order valence-corrected chi connectivity index (χ4v) is 3.10. The van der Waals surface area contributed by atoms with E-state index in [2.05, 4.69) is 9.97 Å².